The van der Waals surface area contributed by atoms with Crippen molar-refractivity contribution in [1.82, 2.24) is 15.3 Å². The van der Waals surface area contributed by atoms with Gasteiger partial charge in [-0.05, 0) is 37.1 Å². The third-order valence-electron chi connectivity index (χ3n) is 4.58. The summed E-state index contributed by atoms with van der Waals surface area (Å²) < 4.78 is 47.8. The van der Waals surface area contributed by atoms with Crippen LogP contribution in [0.5, 0.6) is 11.5 Å². The molecule has 0 aliphatic carbocycles. The van der Waals surface area contributed by atoms with Crippen molar-refractivity contribution in [2.75, 3.05) is 24.8 Å². The zero-order valence-electron chi connectivity index (χ0n) is 14.7. The van der Waals surface area contributed by atoms with Crippen LogP contribution in [0.1, 0.15) is 14.3 Å². The third-order valence-corrected chi connectivity index (χ3v) is 4.58. The summed E-state index contributed by atoms with van der Waals surface area (Å²) in [7, 11) is 0. The monoisotopic (exact) mass is 396 g/mol. The Bertz CT molecular complexity index is 897. The summed E-state index contributed by atoms with van der Waals surface area (Å²) in [5.74, 6) is 1.50. The van der Waals surface area contributed by atoms with Crippen LogP contribution in [0.2, 0.25) is 0 Å². The van der Waals surface area contributed by atoms with Gasteiger partial charge < -0.3 is 19.7 Å². The van der Waals surface area contributed by atoms with Crippen LogP contribution in [0.15, 0.2) is 30.5 Å². The van der Waals surface area contributed by atoms with E-state index < -0.39 is 24.7 Å². The van der Waals surface area contributed by atoms with E-state index >= 15 is 0 Å². The van der Waals surface area contributed by atoms with Crippen LogP contribution < -0.4 is 19.7 Å². The molecule has 0 radical (unpaired) electrons. The van der Waals surface area contributed by atoms with Crippen LogP contribution in [0.3, 0.4) is 0 Å². The number of anilines is 1. The first-order valence-electron chi connectivity index (χ1n) is 8.75. The van der Waals surface area contributed by atoms with Gasteiger partial charge in [-0.2, -0.15) is 13.2 Å². The van der Waals surface area contributed by atoms with Crippen molar-refractivity contribution in [2.45, 2.75) is 25.1 Å². The number of aromatic nitrogens is 2. The summed E-state index contributed by atoms with van der Waals surface area (Å²) in [4.78, 5) is 22.7. The number of rotatable bonds is 4. The SMILES string of the molecule is O=C(NCC(F)(F)F)[C@H]1CCCN1c1ccnc(-c2ccc3c(c2)OCO3)n1.[HH]. The molecule has 1 fully saturated rings. The molecular formula is C18H19F3N4O3. The van der Waals surface area contributed by atoms with Crippen molar-refractivity contribution < 1.29 is 28.9 Å². The molecule has 1 N–H and O–H groups in total. The van der Waals surface area contributed by atoms with E-state index in [1.165, 1.54) is 0 Å². The lowest BCUT2D eigenvalue weighted by molar-refractivity contribution is -0.139. The normalized spacial score (nSPS) is 18.4. The summed E-state index contributed by atoms with van der Waals surface area (Å²) in [5, 5.41) is 1.96. The number of hydrogen-bond donors (Lipinski definition) is 1. The fourth-order valence-electron chi connectivity index (χ4n) is 3.30. The molecule has 3 heterocycles. The topological polar surface area (TPSA) is 76.6 Å². The maximum absolute atomic E-state index is 12.4. The van der Waals surface area contributed by atoms with Crippen molar-refractivity contribution in [2.24, 2.45) is 0 Å². The number of carbonyl (C=O) groups excluding carboxylic acids is 1. The van der Waals surface area contributed by atoms with Gasteiger partial charge >= 0.3 is 6.18 Å². The van der Waals surface area contributed by atoms with Crippen molar-refractivity contribution in [3.63, 3.8) is 0 Å². The van der Waals surface area contributed by atoms with Gasteiger partial charge in [-0.15, -0.1) is 0 Å². The average Bonchev–Trinajstić information content (AvgIpc) is 3.34. The third kappa shape index (κ3) is 3.80. The Balaban J connectivity index is 0.00000240. The average molecular weight is 396 g/mol. The number of carbonyl (C=O) groups is 1. The van der Waals surface area contributed by atoms with Crippen molar-refractivity contribution >= 4 is 11.7 Å². The molecule has 0 bridgehead atoms. The summed E-state index contributed by atoms with van der Waals surface area (Å²) >= 11 is 0. The predicted octanol–water partition coefficient (Wildman–Crippen LogP) is 2.77. The fraction of sp³-hybridized carbons (Fsp3) is 0.389. The molecule has 2 aliphatic rings. The second-order valence-corrected chi connectivity index (χ2v) is 6.49. The van der Waals surface area contributed by atoms with Crippen LogP contribution in [-0.4, -0.2) is 48.0 Å². The number of alkyl halides is 3. The molecule has 150 valence electrons. The highest BCUT2D eigenvalue weighted by Crippen LogP contribution is 2.35. The van der Waals surface area contributed by atoms with Gasteiger partial charge in [0, 0.05) is 19.7 Å². The molecule has 7 nitrogen and oxygen atoms in total. The van der Waals surface area contributed by atoms with E-state index in [0.717, 1.165) is 0 Å². The zero-order chi connectivity index (χ0) is 19.7. The van der Waals surface area contributed by atoms with Gasteiger partial charge in [0.25, 0.3) is 0 Å². The Labute approximate surface area is 160 Å². The number of hydrogen-bond acceptors (Lipinski definition) is 6. The number of fused-ring (bicyclic) bond motifs is 1. The molecule has 1 saturated heterocycles. The number of nitrogens with zero attached hydrogens (tertiary/aromatic N) is 3. The van der Waals surface area contributed by atoms with Gasteiger partial charge in [0.2, 0.25) is 12.7 Å². The molecule has 28 heavy (non-hydrogen) atoms. The molecule has 1 atom stereocenters. The predicted molar refractivity (Wildman–Crippen MR) is 95.1 cm³/mol. The van der Waals surface area contributed by atoms with E-state index in [1.54, 1.807) is 35.4 Å². The van der Waals surface area contributed by atoms with Crippen LogP contribution in [0.25, 0.3) is 11.4 Å². The Kier molecular flexibility index (Phi) is 4.70. The van der Waals surface area contributed by atoms with Crippen molar-refractivity contribution in [1.29, 1.82) is 0 Å². The first-order valence-corrected chi connectivity index (χ1v) is 8.75. The second-order valence-electron chi connectivity index (χ2n) is 6.49. The van der Waals surface area contributed by atoms with E-state index in [9.17, 15) is 18.0 Å². The van der Waals surface area contributed by atoms with Crippen LogP contribution in [-0.2, 0) is 4.79 Å². The molecule has 0 spiro atoms. The van der Waals surface area contributed by atoms with Gasteiger partial charge in [0.15, 0.2) is 17.3 Å². The van der Waals surface area contributed by atoms with E-state index in [-0.39, 0.29) is 8.22 Å². The van der Waals surface area contributed by atoms with Crippen molar-refractivity contribution in [3.8, 4) is 22.9 Å². The first-order chi connectivity index (χ1) is 13.4. The molecular weight excluding hydrogens is 377 g/mol. The van der Waals surface area contributed by atoms with E-state index in [2.05, 4.69) is 9.97 Å². The minimum atomic E-state index is -4.44. The Hall–Kier alpha value is -3.04. The van der Waals surface area contributed by atoms with Crippen molar-refractivity contribution in [3.05, 3.63) is 30.5 Å². The smallest absolute Gasteiger partial charge is 0.405 e. The lowest BCUT2D eigenvalue weighted by atomic mass is 10.2. The number of amides is 1. The number of ether oxygens (including phenoxy) is 2. The minimum Gasteiger partial charge on any atom is -0.454 e. The molecule has 0 unspecified atom stereocenters. The standard InChI is InChI=1S/C18H17F3N4O3.H2/c19-18(20,21)9-23-17(26)12-2-1-7-25(12)15-5-6-22-16(24-15)11-3-4-13-14(8-11)28-10-27-13;/h3-6,8,12H,1-2,7,9-10H2,(H,23,26);1H/t12-;/m1./s1. The zero-order valence-corrected chi connectivity index (χ0v) is 14.7. The van der Waals surface area contributed by atoms with E-state index in [0.29, 0.717) is 48.1 Å². The van der Waals surface area contributed by atoms with Crippen LogP contribution in [0.4, 0.5) is 19.0 Å². The molecule has 0 saturated carbocycles. The summed E-state index contributed by atoms with van der Waals surface area (Å²) in [6.07, 6.45) is -1.73. The molecule has 1 aromatic carbocycles. The minimum absolute atomic E-state index is 0. The Morgan fingerprint density at radius 3 is 2.93 bits per heavy atom. The number of nitrogens with one attached hydrogen (secondary N) is 1. The molecule has 2 aromatic rings. The highest BCUT2D eigenvalue weighted by atomic mass is 19.4. The fourth-order valence-corrected chi connectivity index (χ4v) is 3.30. The second kappa shape index (κ2) is 7.17. The molecule has 4 rings (SSSR count). The molecule has 1 aromatic heterocycles. The summed E-state index contributed by atoms with van der Waals surface area (Å²) in [5.41, 5.74) is 0.711. The van der Waals surface area contributed by atoms with E-state index in [4.69, 9.17) is 9.47 Å². The largest absolute Gasteiger partial charge is 0.454 e. The highest BCUT2D eigenvalue weighted by Gasteiger charge is 2.35. The quantitative estimate of drug-likeness (QED) is 0.857. The number of benzene rings is 1. The number of halogens is 3. The van der Waals surface area contributed by atoms with Crippen LogP contribution in [0, 0.1) is 0 Å². The van der Waals surface area contributed by atoms with Crippen LogP contribution >= 0.6 is 0 Å². The summed E-state index contributed by atoms with van der Waals surface area (Å²) in [6.45, 7) is -0.660. The van der Waals surface area contributed by atoms with E-state index in [1.807, 2.05) is 5.32 Å². The molecule has 1 amide bonds. The highest BCUT2D eigenvalue weighted by molar-refractivity contribution is 5.85. The summed E-state index contributed by atoms with van der Waals surface area (Å²) in [6, 6.07) is 6.27. The lowest BCUT2D eigenvalue weighted by Gasteiger charge is -2.25. The molecule has 2 aliphatic heterocycles. The molecule has 10 heteroatoms. The van der Waals surface area contributed by atoms with Gasteiger partial charge in [-0.25, -0.2) is 9.97 Å². The lowest BCUT2D eigenvalue weighted by Crippen LogP contribution is -2.46. The Morgan fingerprint density at radius 2 is 2.11 bits per heavy atom. The van der Waals surface area contributed by atoms with Gasteiger partial charge in [-0.3, -0.25) is 4.79 Å². The first kappa shape index (κ1) is 18.3. The maximum atomic E-state index is 12.4. The van der Waals surface area contributed by atoms with Gasteiger partial charge in [0.1, 0.15) is 18.4 Å². The van der Waals surface area contributed by atoms with Gasteiger partial charge in [0.05, 0.1) is 0 Å². The maximum Gasteiger partial charge on any atom is 0.405 e. The Morgan fingerprint density at radius 1 is 1.29 bits per heavy atom. The van der Waals surface area contributed by atoms with Gasteiger partial charge in [-0.1, -0.05) is 0 Å².